The van der Waals surface area contributed by atoms with Crippen molar-refractivity contribution < 1.29 is 9.53 Å². The zero-order valence-electron chi connectivity index (χ0n) is 16.8. The number of carbonyl (C=O) groups excluding carboxylic acids is 1. The van der Waals surface area contributed by atoms with E-state index in [2.05, 4.69) is 32.0 Å². The quantitative estimate of drug-likeness (QED) is 0.740. The Morgan fingerprint density at radius 2 is 1.96 bits per heavy atom. The van der Waals surface area contributed by atoms with Crippen LogP contribution in [0.2, 0.25) is 0 Å². The molecule has 1 amide bonds. The van der Waals surface area contributed by atoms with Gasteiger partial charge in [0.1, 0.15) is 12.4 Å². The van der Waals surface area contributed by atoms with Crippen LogP contribution >= 0.6 is 0 Å². The van der Waals surface area contributed by atoms with Gasteiger partial charge in [-0.05, 0) is 63.0 Å². The molecule has 0 saturated carbocycles. The molecular weight excluding hydrogens is 350 g/mol. The van der Waals surface area contributed by atoms with E-state index in [4.69, 9.17) is 10.00 Å². The van der Waals surface area contributed by atoms with Crippen LogP contribution in [0.15, 0.2) is 48.5 Å². The van der Waals surface area contributed by atoms with Crippen molar-refractivity contribution in [1.82, 2.24) is 9.80 Å². The number of hydrogen-bond acceptors (Lipinski definition) is 4. The Morgan fingerprint density at radius 1 is 1.21 bits per heavy atom. The second kappa shape index (κ2) is 8.45. The third-order valence-electron chi connectivity index (χ3n) is 5.14. The van der Waals surface area contributed by atoms with Crippen molar-refractivity contribution in [2.75, 3.05) is 33.7 Å². The molecule has 0 atom stereocenters. The van der Waals surface area contributed by atoms with Crippen LogP contribution in [0.3, 0.4) is 0 Å². The average Bonchev–Trinajstić information content (AvgIpc) is 2.68. The van der Waals surface area contributed by atoms with Crippen molar-refractivity contribution in [2.24, 2.45) is 5.41 Å². The van der Waals surface area contributed by atoms with Crippen molar-refractivity contribution >= 4 is 5.91 Å². The van der Waals surface area contributed by atoms with Crippen molar-refractivity contribution in [3.8, 4) is 11.8 Å². The molecule has 146 valence electrons. The first-order valence-corrected chi connectivity index (χ1v) is 9.54. The number of amides is 1. The summed E-state index contributed by atoms with van der Waals surface area (Å²) in [6, 6.07) is 16.8. The first-order chi connectivity index (χ1) is 13.4. The van der Waals surface area contributed by atoms with Gasteiger partial charge in [-0.25, -0.2) is 0 Å². The van der Waals surface area contributed by atoms with Crippen LogP contribution in [0.5, 0.6) is 5.75 Å². The summed E-state index contributed by atoms with van der Waals surface area (Å²) in [5.74, 6) is 0.728. The molecule has 5 nitrogen and oxygen atoms in total. The molecule has 0 aromatic heterocycles. The monoisotopic (exact) mass is 377 g/mol. The van der Waals surface area contributed by atoms with Gasteiger partial charge >= 0.3 is 0 Å². The fourth-order valence-electron chi connectivity index (χ4n) is 3.47. The fraction of sp³-hybridized carbons (Fsp3) is 0.391. The molecule has 2 aromatic rings. The van der Waals surface area contributed by atoms with Gasteiger partial charge in [0.15, 0.2) is 0 Å². The van der Waals surface area contributed by atoms with Gasteiger partial charge in [-0.1, -0.05) is 25.1 Å². The Morgan fingerprint density at radius 3 is 2.68 bits per heavy atom. The summed E-state index contributed by atoms with van der Waals surface area (Å²) in [7, 11) is 4.16. The molecule has 28 heavy (non-hydrogen) atoms. The summed E-state index contributed by atoms with van der Waals surface area (Å²) < 4.78 is 5.78. The van der Waals surface area contributed by atoms with Crippen LogP contribution < -0.4 is 4.74 Å². The standard InChI is InChI=1S/C23H27N3O2/c1-23(10-11-25(2)3)16-26(17-23)22(27)20-8-4-7-19(12-20)15-28-21-9-5-6-18(13-21)14-24/h4-9,12-13H,10-11,15-17H2,1-3H3. The molecule has 0 bridgehead atoms. The van der Waals surface area contributed by atoms with Crippen LogP contribution in [0.25, 0.3) is 0 Å². The van der Waals surface area contributed by atoms with Crippen molar-refractivity contribution in [1.29, 1.82) is 5.26 Å². The first-order valence-electron chi connectivity index (χ1n) is 9.54. The van der Waals surface area contributed by atoms with E-state index in [-0.39, 0.29) is 11.3 Å². The molecule has 1 saturated heterocycles. The minimum Gasteiger partial charge on any atom is -0.489 e. The van der Waals surface area contributed by atoms with E-state index < -0.39 is 0 Å². The Labute approximate surface area is 167 Å². The second-order valence-electron chi connectivity index (χ2n) is 8.15. The van der Waals surface area contributed by atoms with Gasteiger partial charge in [0.25, 0.3) is 5.91 Å². The summed E-state index contributed by atoms with van der Waals surface area (Å²) in [5, 5.41) is 8.97. The molecule has 0 N–H and O–H groups in total. The van der Waals surface area contributed by atoms with Gasteiger partial charge in [-0.15, -0.1) is 0 Å². The molecule has 3 rings (SSSR count). The Kier molecular flexibility index (Phi) is 6.01. The van der Waals surface area contributed by atoms with E-state index in [1.807, 2.05) is 35.2 Å². The molecular formula is C23H27N3O2. The van der Waals surface area contributed by atoms with E-state index in [0.29, 0.717) is 23.5 Å². The van der Waals surface area contributed by atoms with Gasteiger partial charge in [0.05, 0.1) is 11.6 Å². The largest absolute Gasteiger partial charge is 0.489 e. The van der Waals surface area contributed by atoms with E-state index in [1.54, 1.807) is 18.2 Å². The minimum atomic E-state index is 0.0793. The highest BCUT2D eigenvalue weighted by Crippen LogP contribution is 2.34. The zero-order valence-corrected chi connectivity index (χ0v) is 16.8. The number of hydrogen-bond donors (Lipinski definition) is 0. The van der Waals surface area contributed by atoms with Gasteiger partial charge in [0, 0.05) is 24.1 Å². The SMILES string of the molecule is CN(C)CCC1(C)CN(C(=O)c2cccc(COc3cccc(C#N)c3)c2)C1. The maximum Gasteiger partial charge on any atom is 0.253 e. The molecule has 2 aromatic carbocycles. The van der Waals surface area contributed by atoms with Gasteiger partial charge in [-0.3, -0.25) is 4.79 Å². The lowest BCUT2D eigenvalue weighted by atomic mass is 9.78. The lowest BCUT2D eigenvalue weighted by molar-refractivity contribution is 0.00808. The number of carbonyl (C=O) groups is 1. The number of nitriles is 1. The zero-order chi connectivity index (χ0) is 20.1. The minimum absolute atomic E-state index is 0.0793. The smallest absolute Gasteiger partial charge is 0.253 e. The lowest BCUT2D eigenvalue weighted by Gasteiger charge is -2.48. The molecule has 0 radical (unpaired) electrons. The van der Waals surface area contributed by atoms with Crippen LogP contribution in [0, 0.1) is 16.7 Å². The van der Waals surface area contributed by atoms with Crippen LogP contribution in [0.1, 0.15) is 34.8 Å². The van der Waals surface area contributed by atoms with Crippen LogP contribution in [-0.4, -0.2) is 49.4 Å². The first kappa shape index (κ1) is 19.9. The summed E-state index contributed by atoms with van der Waals surface area (Å²) in [5.41, 5.74) is 2.41. The summed E-state index contributed by atoms with van der Waals surface area (Å²) in [6.45, 7) is 5.26. The number of likely N-dealkylation sites (tertiary alicyclic amines) is 1. The van der Waals surface area contributed by atoms with Crippen molar-refractivity contribution in [3.63, 3.8) is 0 Å². The predicted molar refractivity (Wildman–Crippen MR) is 109 cm³/mol. The third kappa shape index (κ3) is 4.90. The number of rotatable bonds is 7. The average molecular weight is 377 g/mol. The van der Waals surface area contributed by atoms with Gasteiger partial charge < -0.3 is 14.5 Å². The molecule has 1 heterocycles. The van der Waals surface area contributed by atoms with Gasteiger partial charge in [-0.2, -0.15) is 5.26 Å². The highest BCUT2D eigenvalue weighted by Gasteiger charge is 2.41. The number of nitrogens with zero attached hydrogens (tertiary/aromatic N) is 3. The van der Waals surface area contributed by atoms with E-state index in [9.17, 15) is 4.79 Å². The molecule has 1 aliphatic rings. The van der Waals surface area contributed by atoms with E-state index >= 15 is 0 Å². The van der Waals surface area contributed by atoms with Crippen molar-refractivity contribution in [2.45, 2.75) is 20.0 Å². The molecule has 1 fully saturated rings. The molecule has 1 aliphatic heterocycles. The predicted octanol–water partition coefficient (Wildman–Crippen LogP) is 3.55. The van der Waals surface area contributed by atoms with Crippen LogP contribution in [-0.2, 0) is 6.61 Å². The molecule has 0 aliphatic carbocycles. The second-order valence-corrected chi connectivity index (χ2v) is 8.15. The summed E-state index contributed by atoms with van der Waals surface area (Å²) in [6.07, 6.45) is 1.10. The normalized spacial score (nSPS) is 15.0. The highest BCUT2D eigenvalue weighted by molar-refractivity contribution is 5.95. The Bertz CT molecular complexity index is 879. The molecule has 5 heteroatoms. The lowest BCUT2D eigenvalue weighted by Crippen LogP contribution is -2.57. The molecule has 0 unspecified atom stereocenters. The van der Waals surface area contributed by atoms with E-state index in [0.717, 1.165) is 31.6 Å². The third-order valence-corrected chi connectivity index (χ3v) is 5.14. The fourth-order valence-corrected chi connectivity index (χ4v) is 3.47. The van der Waals surface area contributed by atoms with Crippen LogP contribution in [0.4, 0.5) is 0 Å². The maximum atomic E-state index is 12.8. The Balaban J connectivity index is 1.57. The summed E-state index contributed by atoms with van der Waals surface area (Å²) in [4.78, 5) is 16.9. The molecule has 0 spiro atoms. The summed E-state index contributed by atoms with van der Waals surface area (Å²) >= 11 is 0. The van der Waals surface area contributed by atoms with Gasteiger partial charge in [0.2, 0.25) is 0 Å². The number of benzene rings is 2. The Hall–Kier alpha value is -2.84. The highest BCUT2D eigenvalue weighted by atomic mass is 16.5. The van der Waals surface area contributed by atoms with Crippen molar-refractivity contribution in [3.05, 3.63) is 65.2 Å². The van der Waals surface area contributed by atoms with E-state index in [1.165, 1.54) is 0 Å². The topological polar surface area (TPSA) is 56.6 Å². The number of ether oxygens (including phenoxy) is 1. The maximum absolute atomic E-state index is 12.8.